The summed E-state index contributed by atoms with van der Waals surface area (Å²) in [6.45, 7) is 12.5. The second kappa shape index (κ2) is 9.14. The van der Waals surface area contributed by atoms with Gasteiger partial charge in [-0.15, -0.1) is 0 Å². The van der Waals surface area contributed by atoms with Gasteiger partial charge in [0.25, 0.3) is 0 Å². The average molecular weight is 509 g/mol. The van der Waals surface area contributed by atoms with E-state index in [-0.39, 0.29) is 5.92 Å². The van der Waals surface area contributed by atoms with Crippen molar-refractivity contribution in [3.63, 3.8) is 0 Å². The molecule has 1 spiro atoms. The van der Waals surface area contributed by atoms with E-state index in [1.165, 1.54) is 16.8 Å². The highest BCUT2D eigenvalue weighted by Crippen LogP contribution is 2.51. The van der Waals surface area contributed by atoms with Crippen molar-refractivity contribution in [2.75, 3.05) is 44.2 Å². The average Bonchev–Trinajstić information content (AvgIpc) is 3.32. The highest BCUT2D eigenvalue weighted by atomic mass is 16.5. The van der Waals surface area contributed by atoms with E-state index >= 15 is 0 Å². The van der Waals surface area contributed by atoms with Crippen LogP contribution in [0.5, 0.6) is 5.75 Å². The van der Waals surface area contributed by atoms with Crippen molar-refractivity contribution in [2.45, 2.75) is 45.9 Å². The third kappa shape index (κ3) is 4.16. The second-order valence-corrected chi connectivity index (χ2v) is 12.0. The van der Waals surface area contributed by atoms with Crippen LogP contribution in [0.2, 0.25) is 0 Å². The number of aromatic nitrogens is 2. The van der Waals surface area contributed by atoms with E-state index in [4.69, 9.17) is 15.0 Å². The molecular formula is C31H36N6O. The lowest BCUT2D eigenvalue weighted by molar-refractivity contribution is -0.0845. The van der Waals surface area contributed by atoms with Crippen molar-refractivity contribution in [1.82, 2.24) is 19.4 Å². The molecule has 7 rings (SSSR count). The van der Waals surface area contributed by atoms with E-state index in [2.05, 4.69) is 87.8 Å². The molecule has 0 radical (unpaired) electrons. The van der Waals surface area contributed by atoms with Crippen LogP contribution in [-0.2, 0) is 13.2 Å². The van der Waals surface area contributed by atoms with Crippen LogP contribution < -0.4 is 9.64 Å². The first-order valence-corrected chi connectivity index (χ1v) is 14.0. The van der Waals surface area contributed by atoms with Gasteiger partial charge in [0.15, 0.2) is 5.82 Å². The summed E-state index contributed by atoms with van der Waals surface area (Å²) in [6, 6.07) is 18.5. The fourth-order valence-corrected chi connectivity index (χ4v) is 6.95. The highest BCUT2D eigenvalue weighted by molar-refractivity contribution is 5.70. The molecule has 2 saturated heterocycles. The third-order valence-corrected chi connectivity index (χ3v) is 9.06. The summed E-state index contributed by atoms with van der Waals surface area (Å²) in [7, 11) is 0. The predicted molar refractivity (Wildman–Crippen MR) is 148 cm³/mol. The molecule has 0 unspecified atom stereocenters. The molecule has 2 aromatic carbocycles. The molecule has 3 fully saturated rings. The van der Waals surface area contributed by atoms with Crippen LogP contribution in [0.4, 0.5) is 5.69 Å². The number of ether oxygens (including phenoxy) is 1. The Morgan fingerprint density at radius 2 is 1.76 bits per heavy atom. The zero-order valence-electron chi connectivity index (χ0n) is 22.4. The molecule has 196 valence electrons. The molecule has 7 nitrogen and oxygen atoms in total. The molecule has 0 N–H and O–H groups in total. The number of rotatable bonds is 5. The first-order chi connectivity index (χ1) is 18.5. The minimum atomic E-state index is 0.277. The van der Waals surface area contributed by atoms with Gasteiger partial charge < -0.3 is 9.64 Å². The van der Waals surface area contributed by atoms with Gasteiger partial charge in [0.1, 0.15) is 12.4 Å². The largest absolute Gasteiger partial charge is 0.483 e. The first-order valence-electron chi connectivity index (χ1n) is 14.0. The Labute approximate surface area is 225 Å². The molecule has 7 heteroatoms. The van der Waals surface area contributed by atoms with Crippen molar-refractivity contribution >= 4 is 5.69 Å². The van der Waals surface area contributed by atoms with Gasteiger partial charge in [-0.1, -0.05) is 18.2 Å². The summed E-state index contributed by atoms with van der Waals surface area (Å²) in [5.41, 5.74) is 6.25. The van der Waals surface area contributed by atoms with Gasteiger partial charge in [0.05, 0.1) is 17.5 Å². The number of anilines is 1. The molecule has 4 aliphatic rings. The number of fused-ring (bicyclic) bond motifs is 3. The topological polar surface area (TPSA) is 60.6 Å². The van der Waals surface area contributed by atoms with Gasteiger partial charge in [-0.25, -0.2) is 4.98 Å². The van der Waals surface area contributed by atoms with Gasteiger partial charge in [-0.3, -0.25) is 14.4 Å². The molecular weight excluding hydrogens is 472 g/mol. The normalized spacial score (nSPS) is 20.8. The third-order valence-electron chi connectivity index (χ3n) is 9.06. The van der Waals surface area contributed by atoms with E-state index in [0.29, 0.717) is 18.1 Å². The lowest BCUT2D eigenvalue weighted by Gasteiger charge is -2.57. The predicted octanol–water partition coefficient (Wildman–Crippen LogP) is 4.70. The van der Waals surface area contributed by atoms with Gasteiger partial charge >= 0.3 is 0 Å². The van der Waals surface area contributed by atoms with Gasteiger partial charge in [-0.2, -0.15) is 5.26 Å². The Morgan fingerprint density at radius 1 is 1.03 bits per heavy atom. The Balaban J connectivity index is 1.02. The smallest absolute Gasteiger partial charge is 0.151 e. The summed E-state index contributed by atoms with van der Waals surface area (Å²) in [5, 5.41) is 9.08. The summed E-state index contributed by atoms with van der Waals surface area (Å²) in [5.74, 6) is 2.15. The van der Waals surface area contributed by atoms with Gasteiger partial charge in [0.2, 0.25) is 0 Å². The SMILES string of the molecule is CC(C)N1CCN(c2ccc(-c3ccc4c(c3)OCc3nc(CN5CC6(CC(C#N)C6)C5)cn3-4)cc2)CC1. The van der Waals surface area contributed by atoms with E-state index in [1.54, 1.807) is 0 Å². The maximum Gasteiger partial charge on any atom is 0.151 e. The minimum absolute atomic E-state index is 0.277. The number of likely N-dealkylation sites (tertiary alicyclic amines) is 1. The summed E-state index contributed by atoms with van der Waals surface area (Å²) in [6.07, 6.45) is 4.32. The molecule has 4 heterocycles. The number of nitrogens with zero attached hydrogens (tertiary/aromatic N) is 6. The summed E-state index contributed by atoms with van der Waals surface area (Å²) >= 11 is 0. The molecule has 3 aliphatic heterocycles. The van der Waals surface area contributed by atoms with Crippen molar-refractivity contribution in [2.24, 2.45) is 11.3 Å². The van der Waals surface area contributed by atoms with Crippen LogP contribution in [0.3, 0.4) is 0 Å². The fourth-order valence-electron chi connectivity index (χ4n) is 6.95. The van der Waals surface area contributed by atoms with E-state index < -0.39 is 0 Å². The van der Waals surface area contributed by atoms with Gasteiger partial charge in [-0.05, 0) is 67.5 Å². The summed E-state index contributed by atoms with van der Waals surface area (Å²) in [4.78, 5) is 12.4. The minimum Gasteiger partial charge on any atom is -0.483 e. The Morgan fingerprint density at radius 3 is 2.47 bits per heavy atom. The van der Waals surface area contributed by atoms with Crippen LogP contribution in [0.25, 0.3) is 16.8 Å². The number of nitriles is 1. The van der Waals surface area contributed by atoms with E-state index in [1.807, 2.05) is 0 Å². The number of imidazole rings is 1. The van der Waals surface area contributed by atoms with Crippen LogP contribution in [0.1, 0.15) is 38.2 Å². The second-order valence-electron chi connectivity index (χ2n) is 12.0. The van der Waals surface area contributed by atoms with Crippen LogP contribution in [0, 0.1) is 22.7 Å². The van der Waals surface area contributed by atoms with Crippen LogP contribution in [-0.4, -0.2) is 64.7 Å². The molecule has 1 saturated carbocycles. The Kier molecular flexibility index (Phi) is 5.72. The van der Waals surface area contributed by atoms with Crippen LogP contribution >= 0.6 is 0 Å². The number of benzene rings is 2. The maximum absolute atomic E-state index is 9.08. The van der Waals surface area contributed by atoms with Gasteiger partial charge in [0, 0.05) is 69.7 Å². The first kappa shape index (κ1) is 23.8. The highest BCUT2D eigenvalue weighted by Gasteiger charge is 2.52. The monoisotopic (exact) mass is 508 g/mol. The van der Waals surface area contributed by atoms with Crippen molar-refractivity contribution < 1.29 is 4.74 Å². The number of hydrogen-bond acceptors (Lipinski definition) is 6. The molecule has 1 aromatic heterocycles. The fraction of sp³-hybridized carbons (Fsp3) is 0.484. The zero-order chi connectivity index (χ0) is 25.9. The van der Waals surface area contributed by atoms with Crippen molar-refractivity contribution in [1.29, 1.82) is 5.26 Å². The van der Waals surface area contributed by atoms with Crippen LogP contribution in [0.15, 0.2) is 48.7 Å². The maximum atomic E-state index is 9.08. The zero-order valence-corrected chi connectivity index (χ0v) is 22.4. The lowest BCUT2D eigenvalue weighted by atomic mass is 9.58. The Hall–Kier alpha value is -3.34. The van der Waals surface area contributed by atoms with E-state index in [9.17, 15) is 0 Å². The molecule has 0 amide bonds. The van der Waals surface area contributed by atoms with Crippen molar-refractivity contribution in [3.8, 4) is 28.6 Å². The molecule has 38 heavy (non-hydrogen) atoms. The summed E-state index contributed by atoms with van der Waals surface area (Å²) < 4.78 is 8.36. The molecule has 1 aliphatic carbocycles. The Bertz CT molecular complexity index is 1360. The molecule has 0 atom stereocenters. The number of hydrogen-bond donors (Lipinski definition) is 0. The molecule has 0 bridgehead atoms. The quantitative estimate of drug-likeness (QED) is 0.498. The van der Waals surface area contributed by atoms with E-state index in [0.717, 1.165) is 81.6 Å². The molecule has 3 aromatic rings. The number of piperazine rings is 1. The standard InChI is InChI=1S/C31H36N6O/c1-22(2)35-9-11-36(12-10-35)27-6-3-24(4-7-27)25-5-8-28-29(13-25)38-19-30-33-26(18-37(28)30)17-34-20-31(21-34)14-23(15-31)16-32/h3-8,13,18,22-23H,9-12,14-15,17,19-21H2,1-2H3. The lowest BCUT2D eigenvalue weighted by Crippen LogP contribution is -2.61. The van der Waals surface area contributed by atoms with Crippen molar-refractivity contribution in [3.05, 3.63) is 60.2 Å².